The van der Waals surface area contributed by atoms with Crippen molar-refractivity contribution in [2.75, 3.05) is 0 Å². The fourth-order valence-corrected chi connectivity index (χ4v) is 2.01. The van der Waals surface area contributed by atoms with Crippen LogP contribution < -0.4 is 5.14 Å². The van der Waals surface area contributed by atoms with Crippen LogP contribution in [0.1, 0.15) is 12.1 Å². The zero-order valence-corrected chi connectivity index (χ0v) is 9.37. The highest BCUT2D eigenvalue weighted by molar-refractivity contribution is 7.89. The summed E-state index contributed by atoms with van der Waals surface area (Å²) in [7, 11) is -4.48. The van der Waals surface area contributed by atoms with Crippen LogP contribution in [0.3, 0.4) is 0 Å². The highest BCUT2D eigenvalue weighted by Gasteiger charge is 2.31. The standard InChI is InChI=1S/C6H4ClF2N3O4S/c7-3-4(6(8)9)11-1-2(17(10,15)16)5(3)12(13)14/h1,6H,(H2,10,15,16). The van der Waals surface area contributed by atoms with Crippen molar-refractivity contribution >= 4 is 27.3 Å². The molecule has 2 N–H and O–H groups in total. The topological polar surface area (TPSA) is 116 Å². The van der Waals surface area contributed by atoms with E-state index in [-0.39, 0.29) is 0 Å². The minimum absolute atomic E-state index is 0.376. The fraction of sp³-hybridized carbons (Fsp3) is 0.167. The van der Waals surface area contributed by atoms with Crippen LogP contribution in [-0.4, -0.2) is 18.3 Å². The summed E-state index contributed by atoms with van der Waals surface area (Å²) in [4.78, 5) is 11.4. The van der Waals surface area contributed by atoms with Gasteiger partial charge in [-0.05, 0) is 0 Å². The van der Waals surface area contributed by atoms with Gasteiger partial charge in [0, 0.05) is 0 Å². The zero-order chi connectivity index (χ0) is 13.4. The highest BCUT2D eigenvalue weighted by atomic mass is 35.5. The van der Waals surface area contributed by atoms with Crippen LogP contribution in [0.25, 0.3) is 0 Å². The number of hydrogen-bond acceptors (Lipinski definition) is 5. The zero-order valence-electron chi connectivity index (χ0n) is 7.80. The SMILES string of the molecule is NS(=O)(=O)c1cnc(C(F)F)c(Cl)c1[N+](=O)[O-]. The van der Waals surface area contributed by atoms with Gasteiger partial charge in [0.25, 0.3) is 6.43 Å². The summed E-state index contributed by atoms with van der Waals surface area (Å²) >= 11 is 5.31. The molecule has 7 nitrogen and oxygen atoms in total. The van der Waals surface area contributed by atoms with Gasteiger partial charge in [0.1, 0.15) is 10.7 Å². The predicted molar refractivity (Wildman–Crippen MR) is 52.2 cm³/mol. The van der Waals surface area contributed by atoms with Crippen molar-refractivity contribution in [1.29, 1.82) is 0 Å². The molecule has 0 unspecified atom stereocenters. The van der Waals surface area contributed by atoms with Crippen molar-refractivity contribution in [3.05, 3.63) is 27.0 Å². The van der Waals surface area contributed by atoms with E-state index in [0.717, 1.165) is 0 Å². The number of sulfonamides is 1. The van der Waals surface area contributed by atoms with E-state index in [2.05, 4.69) is 10.1 Å². The maximum Gasteiger partial charge on any atom is 0.311 e. The average Bonchev–Trinajstić information content (AvgIpc) is 2.14. The third-order valence-corrected chi connectivity index (χ3v) is 2.97. The van der Waals surface area contributed by atoms with Crippen LogP contribution >= 0.6 is 11.6 Å². The Bertz CT molecular complexity index is 577. The van der Waals surface area contributed by atoms with E-state index in [9.17, 15) is 27.3 Å². The summed E-state index contributed by atoms with van der Waals surface area (Å²) in [5, 5.41) is 14.2. The van der Waals surface area contributed by atoms with E-state index in [0.29, 0.717) is 6.20 Å². The van der Waals surface area contributed by atoms with Gasteiger partial charge in [-0.25, -0.2) is 22.3 Å². The van der Waals surface area contributed by atoms with Gasteiger partial charge in [0.05, 0.1) is 11.1 Å². The molecule has 1 aromatic heterocycles. The molecular weight excluding hydrogens is 284 g/mol. The second-order valence-electron chi connectivity index (χ2n) is 2.77. The molecule has 0 spiro atoms. The van der Waals surface area contributed by atoms with E-state index in [4.69, 9.17) is 11.6 Å². The molecular formula is C6H4ClF2N3O4S. The Morgan fingerprint density at radius 3 is 2.41 bits per heavy atom. The first kappa shape index (κ1) is 13.7. The predicted octanol–water partition coefficient (Wildman–Crippen LogP) is 1.23. The lowest BCUT2D eigenvalue weighted by atomic mass is 10.3. The number of nitrogens with zero attached hydrogens (tertiary/aromatic N) is 2. The summed E-state index contributed by atoms with van der Waals surface area (Å²) in [6.07, 6.45) is -2.79. The second-order valence-corrected chi connectivity index (χ2v) is 4.68. The molecule has 17 heavy (non-hydrogen) atoms. The van der Waals surface area contributed by atoms with Gasteiger partial charge >= 0.3 is 5.69 Å². The molecule has 0 bridgehead atoms. The van der Waals surface area contributed by atoms with Crippen LogP contribution in [0.4, 0.5) is 14.5 Å². The van der Waals surface area contributed by atoms with Crippen molar-refractivity contribution in [3.8, 4) is 0 Å². The molecule has 0 saturated heterocycles. The molecule has 1 aromatic rings. The molecule has 0 fully saturated rings. The fourth-order valence-electron chi connectivity index (χ4n) is 1.01. The molecule has 0 aliphatic heterocycles. The molecule has 0 radical (unpaired) electrons. The number of nitro groups is 1. The van der Waals surface area contributed by atoms with Gasteiger partial charge in [-0.1, -0.05) is 11.6 Å². The number of alkyl halides is 2. The Morgan fingerprint density at radius 1 is 1.53 bits per heavy atom. The number of hydrogen-bond donors (Lipinski definition) is 1. The normalized spacial score (nSPS) is 11.8. The molecule has 94 valence electrons. The Morgan fingerprint density at radius 2 is 2.06 bits per heavy atom. The molecule has 1 rings (SSSR count). The van der Waals surface area contributed by atoms with Gasteiger partial charge in [0.2, 0.25) is 10.0 Å². The summed E-state index contributed by atoms with van der Waals surface area (Å²) in [5.41, 5.74) is -2.29. The third kappa shape index (κ3) is 2.65. The maximum absolute atomic E-state index is 12.3. The monoisotopic (exact) mass is 287 g/mol. The van der Waals surface area contributed by atoms with E-state index in [1.165, 1.54) is 0 Å². The van der Waals surface area contributed by atoms with Crippen LogP contribution in [-0.2, 0) is 10.0 Å². The quantitative estimate of drug-likeness (QED) is 0.663. The number of aromatic nitrogens is 1. The van der Waals surface area contributed by atoms with Crippen molar-refractivity contribution in [2.45, 2.75) is 11.3 Å². The maximum atomic E-state index is 12.3. The summed E-state index contributed by atoms with van der Waals surface area (Å²) < 4.78 is 46.7. The van der Waals surface area contributed by atoms with E-state index >= 15 is 0 Å². The lowest BCUT2D eigenvalue weighted by Crippen LogP contribution is -2.15. The Hall–Kier alpha value is -1.39. The summed E-state index contributed by atoms with van der Waals surface area (Å²) in [6, 6.07) is 0. The van der Waals surface area contributed by atoms with Gasteiger partial charge in [-0.3, -0.25) is 15.1 Å². The first-order valence-electron chi connectivity index (χ1n) is 3.80. The molecule has 0 amide bonds. The second kappa shape index (κ2) is 4.47. The molecule has 0 aromatic carbocycles. The smallest absolute Gasteiger partial charge is 0.258 e. The number of rotatable bonds is 3. The Kier molecular flexibility index (Phi) is 3.59. The summed E-state index contributed by atoms with van der Waals surface area (Å²) in [5.74, 6) is 0. The number of pyridine rings is 1. The van der Waals surface area contributed by atoms with Crippen LogP contribution in [0, 0.1) is 10.1 Å². The van der Waals surface area contributed by atoms with E-state index in [1.807, 2.05) is 0 Å². The lowest BCUT2D eigenvalue weighted by Gasteiger charge is -2.05. The van der Waals surface area contributed by atoms with E-state index in [1.54, 1.807) is 0 Å². The van der Waals surface area contributed by atoms with Gasteiger partial charge in [0.15, 0.2) is 4.90 Å². The van der Waals surface area contributed by atoms with Crippen LogP contribution in [0.2, 0.25) is 5.02 Å². The van der Waals surface area contributed by atoms with Crippen LogP contribution in [0.15, 0.2) is 11.1 Å². The van der Waals surface area contributed by atoms with E-state index < -0.39 is 42.7 Å². The first-order valence-corrected chi connectivity index (χ1v) is 5.72. The third-order valence-electron chi connectivity index (χ3n) is 1.68. The molecule has 11 heteroatoms. The molecule has 0 saturated carbocycles. The van der Waals surface area contributed by atoms with Crippen molar-refractivity contribution < 1.29 is 22.1 Å². The summed E-state index contributed by atoms with van der Waals surface area (Å²) in [6.45, 7) is 0. The van der Waals surface area contributed by atoms with Crippen molar-refractivity contribution in [1.82, 2.24) is 4.98 Å². The van der Waals surface area contributed by atoms with Crippen molar-refractivity contribution in [3.63, 3.8) is 0 Å². The van der Waals surface area contributed by atoms with Gasteiger partial charge in [-0.2, -0.15) is 0 Å². The largest absolute Gasteiger partial charge is 0.311 e. The highest BCUT2D eigenvalue weighted by Crippen LogP contribution is 2.36. The van der Waals surface area contributed by atoms with Crippen molar-refractivity contribution in [2.24, 2.45) is 5.14 Å². The Labute approximate surface area is 98.4 Å². The average molecular weight is 288 g/mol. The number of primary sulfonamides is 1. The van der Waals surface area contributed by atoms with Gasteiger partial charge < -0.3 is 0 Å². The number of halogens is 3. The molecule has 1 heterocycles. The minimum atomic E-state index is -4.48. The molecule has 0 aliphatic rings. The lowest BCUT2D eigenvalue weighted by molar-refractivity contribution is -0.387. The number of nitrogens with two attached hydrogens (primary N) is 1. The van der Waals surface area contributed by atoms with Crippen LogP contribution in [0.5, 0.6) is 0 Å². The Balaban J connectivity index is 3.69. The molecule has 0 atom stereocenters. The molecule has 0 aliphatic carbocycles. The minimum Gasteiger partial charge on any atom is -0.258 e. The van der Waals surface area contributed by atoms with Gasteiger partial charge in [-0.15, -0.1) is 0 Å². The first-order chi connectivity index (χ1) is 7.66.